The first-order valence-electron chi connectivity index (χ1n) is 3.69. The summed E-state index contributed by atoms with van der Waals surface area (Å²) in [4.78, 5) is 0. The van der Waals surface area contributed by atoms with E-state index in [4.69, 9.17) is 9.84 Å². The molecule has 78 valence electrons. The molecule has 5 nitrogen and oxygen atoms in total. The molecule has 1 aromatic rings. The predicted octanol–water partition coefficient (Wildman–Crippen LogP) is 0.739. The molecule has 0 unspecified atom stereocenters. The maximum Gasteiger partial charge on any atom is 0.306 e. The van der Waals surface area contributed by atoms with Crippen molar-refractivity contribution in [2.75, 3.05) is 13.4 Å². The Balaban J connectivity index is 3.09. The number of phenols is 1. The normalized spacial score (nSPS) is 11.0. The van der Waals surface area contributed by atoms with Crippen LogP contribution < -0.4 is 8.92 Å². The Hall–Kier alpha value is -1.43. The van der Waals surface area contributed by atoms with Crippen molar-refractivity contribution in [3.63, 3.8) is 0 Å². The van der Waals surface area contributed by atoms with Gasteiger partial charge in [-0.15, -0.1) is 0 Å². The molecule has 0 heterocycles. The molecule has 0 radical (unpaired) electrons. The summed E-state index contributed by atoms with van der Waals surface area (Å²) in [7, 11) is -2.23. The van der Waals surface area contributed by atoms with E-state index in [1.807, 2.05) is 0 Å². The van der Waals surface area contributed by atoms with Crippen LogP contribution in [0.25, 0.3) is 0 Å². The zero-order chi connectivity index (χ0) is 10.8. The molecule has 6 heteroatoms. The number of hydrogen-bond acceptors (Lipinski definition) is 5. The van der Waals surface area contributed by atoms with Gasteiger partial charge in [0.05, 0.1) is 13.4 Å². The lowest BCUT2D eigenvalue weighted by molar-refractivity contribution is 0.385. The molecule has 0 spiro atoms. The molecule has 0 saturated heterocycles. The number of aromatic hydroxyl groups is 1. The van der Waals surface area contributed by atoms with E-state index in [-0.39, 0.29) is 17.2 Å². The van der Waals surface area contributed by atoms with Crippen LogP contribution in [-0.4, -0.2) is 26.9 Å². The highest BCUT2D eigenvalue weighted by Gasteiger charge is 2.10. The second-order valence-corrected chi connectivity index (χ2v) is 4.20. The Labute approximate surface area is 82.0 Å². The average Bonchev–Trinajstić information content (AvgIpc) is 2.06. The number of phenolic OH excluding ortho intramolecular Hbond substituents is 1. The Morgan fingerprint density at radius 2 is 1.93 bits per heavy atom. The van der Waals surface area contributed by atoms with Crippen molar-refractivity contribution in [1.82, 2.24) is 0 Å². The third-order valence-electron chi connectivity index (χ3n) is 1.39. The molecule has 0 aliphatic heterocycles. The summed E-state index contributed by atoms with van der Waals surface area (Å²) in [6.07, 6.45) is 0.930. The Bertz CT molecular complexity index is 423. The molecule has 1 aromatic carbocycles. The summed E-state index contributed by atoms with van der Waals surface area (Å²) in [6.45, 7) is 0. The number of ether oxygens (including phenoxy) is 1. The summed E-state index contributed by atoms with van der Waals surface area (Å²) in [5, 5.41) is 9.08. The molecule has 14 heavy (non-hydrogen) atoms. The van der Waals surface area contributed by atoms with Crippen LogP contribution in [0.3, 0.4) is 0 Å². The monoisotopic (exact) mass is 218 g/mol. The zero-order valence-electron chi connectivity index (χ0n) is 7.72. The van der Waals surface area contributed by atoms with E-state index in [9.17, 15) is 8.42 Å². The van der Waals surface area contributed by atoms with Gasteiger partial charge >= 0.3 is 10.1 Å². The van der Waals surface area contributed by atoms with Crippen molar-refractivity contribution in [2.45, 2.75) is 0 Å². The third kappa shape index (κ3) is 2.81. The standard InChI is InChI=1S/C8H10O5S/c1-12-8-5-6(9)3-4-7(8)13-14(2,10)11/h3-5,9H,1-2H3. The Morgan fingerprint density at radius 3 is 2.43 bits per heavy atom. The van der Waals surface area contributed by atoms with Crippen molar-refractivity contribution in [1.29, 1.82) is 0 Å². The van der Waals surface area contributed by atoms with E-state index in [1.54, 1.807) is 0 Å². The number of methoxy groups -OCH3 is 1. The largest absolute Gasteiger partial charge is 0.508 e. The van der Waals surface area contributed by atoms with Crippen LogP contribution in [-0.2, 0) is 10.1 Å². The van der Waals surface area contributed by atoms with Gasteiger partial charge in [-0.3, -0.25) is 0 Å². The highest BCUT2D eigenvalue weighted by Crippen LogP contribution is 2.31. The van der Waals surface area contributed by atoms with Gasteiger partial charge in [0, 0.05) is 6.07 Å². The fourth-order valence-corrected chi connectivity index (χ4v) is 1.35. The van der Waals surface area contributed by atoms with Crippen molar-refractivity contribution in [3.8, 4) is 17.2 Å². The first-order valence-corrected chi connectivity index (χ1v) is 5.50. The van der Waals surface area contributed by atoms with Crippen LogP contribution in [0.2, 0.25) is 0 Å². The summed E-state index contributed by atoms with van der Waals surface area (Å²) in [6, 6.07) is 3.89. The summed E-state index contributed by atoms with van der Waals surface area (Å²) >= 11 is 0. The van der Waals surface area contributed by atoms with Crippen LogP contribution in [0.1, 0.15) is 0 Å². The molecule has 0 amide bonds. The second kappa shape index (κ2) is 3.75. The van der Waals surface area contributed by atoms with Crippen molar-refractivity contribution >= 4 is 10.1 Å². The lowest BCUT2D eigenvalue weighted by Gasteiger charge is -2.08. The van der Waals surface area contributed by atoms with E-state index in [0.29, 0.717) is 0 Å². The Morgan fingerprint density at radius 1 is 1.29 bits per heavy atom. The van der Waals surface area contributed by atoms with Gasteiger partial charge in [0.25, 0.3) is 0 Å². The van der Waals surface area contributed by atoms with E-state index >= 15 is 0 Å². The average molecular weight is 218 g/mol. The number of hydrogen-bond donors (Lipinski definition) is 1. The maximum absolute atomic E-state index is 10.8. The van der Waals surface area contributed by atoms with E-state index < -0.39 is 10.1 Å². The van der Waals surface area contributed by atoms with Gasteiger partial charge in [0.2, 0.25) is 0 Å². The molecule has 0 atom stereocenters. The van der Waals surface area contributed by atoms with Crippen LogP contribution in [0.15, 0.2) is 18.2 Å². The van der Waals surface area contributed by atoms with Gasteiger partial charge in [-0.2, -0.15) is 8.42 Å². The molecule has 0 aromatic heterocycles. The third-order valence-corrected chi connectivity index (χ3v) is 1.87. The predicted molar refractivity (Wildman–Crippen MR) is 50.1 cm³/mol. The van der Waals surface area contributed by atoms with E-state index in [1.165, 1.54) is 25.3 Å². The van der Waals surface area contributed by atoms with Crippen LogP contribution in [0.5, 0.6) is 17.2 Å². The highest BCUT2D eigenvalue weighted by molar-refractivity contribution is 7.86. The SMILES string of the molecule is COc1cc(O)ccc1OS(C)(=O)=O. The summed E-state index contributed by atoms with van der Waals surface area (Å²) in [5.41, 5.74) is 0. The van der Waals surface area contributed by atoms with Crippen molar-refractivity contribution < 1.29 is 22.4 Å². The van der Waals surface area contributed by atoms with Crippen LogP contribution in [0.4, 0.5) is 0 Å². The minimum absolute atomic E-state index is 0.0253. The van der Waals surface area contributed by atoms with Crippen LogP contribution >= 0.6 is 0 Å². The fourth-order valence-electron chi connectivity index (χ4n) is 0.888. The summed E-state index contributed by atoms with van der Waals surface area (Å²) in [5.74, 6) is 0.186. The van der Waals surface area contributed by atoms with Crippen molar-refractivity contribution in [3.05, 3.63) is 18.2 Å². The summed E-state index contributed by atoms with van der Waals surface area (Å²) < 4.78 is 31.1. The molecule has 0 aliphatic rings. The molecular formula is C8H10O5S. The number of benzene rings is 1. The van der Waals surface area contributed by atoms with Gasteiger partial charge in [0.1, 0.15) is 5.75 Å². The topological polar surface area (TPSA) is 72.8 Å². The zero-order valence-corrected chi connectivity index (χ0v) is 8.54. The van der Waals surface area contributed by atoms with Crippen LogP contribution in [0, 0.1) is 0 Å². The lowest BCUT2D eigenvalue weighted by atomic mass is 10.3. The van der Waals surface area contributed by atoms with E-state index in [2.05, 4.69) is 4.18 Å². The van der Waals surface area contributed by atoms with Gasteiger partial charge < -0.3 is 14.0 Å². The minimum Gasteiger partial charge on any atom is -0.508 e. The molecular weight excluding hydrogens is 208 g/mol. The Kier molecular flexibility index (Phi) is 2.85. The fraction of sp³-hybridized carbons (Fsp3) is 0.250. The van der Waals surface area contributed by atoms with Gasteiger partial charge in [-0.25, -0.2) is 0 Å². The molecule has 1 rings (SSSR count). The molecule has 1 N–H and O–H groups in total. The second-order valence-electron chi connectivity index (χ2n) is 2.62. The molecule has 0 saturated carbocycles. The number of rotatable bonds is 3. The minimum atomic E-state index is -3.58. The highest BCUT2D eigenvalue weighted by atomic mass is 32.2. The lowest BCUT2D eigenvalue weighted by Crippen LogP contribution is -2.06. The van der Waals surface area contributed by atoms with Gasteiger partial charge in [-0.1, -0.05) is 0 Å². The first-order chi connectivity index (χ1) is 6.42. The smallest absolute Gasteiger partial charge is 0.306 e. The van der Waals surface area contributed by atoms with Gasteiger partial charge in [-0.05, 0) is 12.1 Å². The van der Waals surface area contributed by atoms with E-state index in [0.717, 1.165) is 6.26 Å². The maximum atomic E-state index is 10.8. The van der Waals surface area contributed by atoms with Gasteiger partial charge in [0.15, 0.2) is 11.5 Å². The molecule has 0 aliphatic carbocycles. The molecule has 0 bridgehead atoms. The molecule has 0 fully saturated rings. The first kappa shape index (κ1) is 10.6. The van der Waals surface area contributed by atoms with Crippen molar-refractivity contribution in [2.24, 2.45) is 0 Å². The quantitative estimate of drug-likeness (QED) is 0.757.